The Morgan fingerprint density at radius 3 is 1.36 bits per heavy atom. The molecule has 1 nitrogen and oxygen atoms in total. The fraction of sp³-hybridized carbons (Fsp3) is 0.600. The predicted molar refractivity (Wildman–Crippen MR) is 90.6 cm³/mol. The first-order valence-corrected chi connectivity index (χ1v) is 8.56. The second-order valence-corrected chi connectivity index (χ2v) is 11.4. The van der Waals surface area contributed by atoms with E-state index in [-0.39, 0.29) is 0 Å². The first-order valence-electron chi connectivity index (χ1n) is 7.06. The first kappa shape index (κ1) is 21.2. The Morgan fingerprint density at radius 2 is 1.14 bits per heavy atom. The van der Waals surface area contributed by atoms with Gasteiger partial charge >= 0.3 is 7.25 Å². The molecule has 0 radical (unpaired) electrons. The van der Waals surface area contributed by atoms with Crippen molar-refractivity contribution in [3.63, 3.8) is 0 Å². The van der Waals surface area contributed by atoms with Crippen LogP contribution in [0.4, 0.5) is 17.3 Å². The summed E-state index contributed by atoms with van der Waals surface area (Å²) >= 11 is 0. The monoisotopic (exact) mass is 340 g/mol. The van der Waals surface area contributed by atoms with Crippen molar-refractivity contribution in [3.05, 3.63) is 24.3 Å². The summed E-state index contributed by atoms with van der Waals surface area (Å²) in [5.74, 6) is 0.943. The van der Waals surface area contributed by atoms with Gasteiger partial charge in [-0.1, -0.05) is 0 Å². The van der Waals surface area contributed by atoms with E-state index in [2.05, 4.69) is 65.8 Å². The van der Waals surface area contributed by atoms with Crippen LogP contribution in [0.1, 0.15) is 41.5 Å². The van der Waals surface area contributed by atoms with Gasteiger partial charge in [-0.05, 0) is 65.8 Å². The molecule has 128 valence electrons. The number of rotatable bonds is 2. The lowest BCUT2D eigenvalue weighted by Crippen LogP contribution is -2.30. The van der Waals surface area contributed by atoms with Crippen LogP contribution in [-0.4, -0.2) is 24.7 Å². The van der Waals surface area contributed by atoms with E-state index in [0.717, 1.165) is 5.75 Å². The lowest BCUT2D eigenvalue weighted by molar-refractivity contribution is 0.368. The number of benzene rings is 1. The number of halogens is 4. The quantitative estimate of drug-likeness (QED) is 0.396. The van der Waals surface area contributed by atoms with Crippen LogP contribution in [0.3, 0.4) is 0 Å². The molecule has 22 heavy (non-hydrogen) atoms. The van der Waals surface area contributed by atoms with Crippen molar-refractivity contribution in [3.8, 4) is 5.75 Å². The van der Waals surface area contributed by atoms with Gasteiger partial charge in [0.05, 0.1) is 22.7 Å². The largest absolute Gasteiger partial charge is 0.673 e. The summed E-state index contributed by atoms with van der Waals surface area (Å²) in [6, 6.07) is 8.64. The molecule has 0 fully saturated rings. The molecule has 0 heterocycles. The highest BCUT2D eigenvalue weighted by Crippen LogP contribution is 2.58. The van der Waals surface area contributed by atoms with Gasteiger partial charge in [0.2, 0.25) is 0 Å². The molecule has 0 spiro atoms. The van der Waals surface area contributed by atoms with Gasteiger partial charge in [-0.3, -0.25) is 0 Å². The summed E-state index contributed by atoms with van der Waals surface area (Å²) in [6.07, 6.45) is 0. The van der Waals surface area contributed by atoms with E-state index in [1.165, 1.54) is 5.30 Å². The van der Waals surface area contributed by atoms with Crippen molar-refractivity contribution in [1.82, 2.24) is 0 Å². The zero-order valence-corrected chi connectivity index (χ0v) is 15.3. The summed E-state index contributed by atoms with van der Waals surface area (Å²) in [6.45, 7) is 14.1. The summed E-state index contributed by atoms with van der Waals surface area (Å²) in [4.78, 5) is 0. The topological polar surface area (TPSA) is 9.23 Å². The fourth-order valence-corrected chi connectivity index (χ4v) is 7.23. The average molecular weight is 340 g/mol. The van der Waals surface area contributed by atoms with Gasteiger partial charge in [0.25, 0.3) is 0 Å². The minimum absolute atomic E-state index is 0.359. The van der Waals surface area contributed by atoms with E-state index in [9.17, 15) is 17.3 Å². The normalized spacial score (nSPS) is 12.7. The van der Waals surface area contributed by atoms with Gasteiger partial charge in [-0.2, -0.15) is 0 Å². The van der Waals surface area contributed by atoms with E-state index < -0.39 is 15.2 Å². The second-order valence-electron chi connectivity index (χ2n) is 7.10. The van der Waals surface area contributed by atoms with Crippen LogP contribution >= 0.6 is 7.92 Å². The fourth-order valence-electron chi connectivity index (χ4n) is 2.75. The van der Waals surface area contributed by atoms with Crippen LogP contribution < -0.4 is 10.0 Å². The van der Waals surface area contributed by atoms with Gasteiger partial charge in [0.15, 0.2) is 0 Å². The van der Waals surface area contributed by atoms with E-state index in [4.69, 9.17) is 4.74 Å². The Bertz CT molecular complexity index is 427. The van der Waals surface area contributed by atoms with Crippen molar-refractivity contribution >= 4 is 20.5 Å². The molecule has 0 aromatic heterocycles. The summed E-state index contributed by atoms with van der Waals surface area (Å²) in [7, 11) is -4.92. The number of hydrogen-bond donors (Lipinski definition) is 0. The third-order valence-electron chi connectivity index (χ3n) is 2.88. The molecular formula is C15H26BF4OP. The van der Waals surface area contributed by atoms with Crippen molar-refractivity contribution in [2.45, 2.75) is 51.9 Å². The maximum absolute atomic E-state index is 9.75. The molecule has 0 saturated heterocycles. The molecule has 0 unspecified atom stereocenters. The van der Waals surface area contributed by atoms with Crippen molar-refractivity contribution in [1.29, 1.82) is 0 Å². The highest BCUT2D eigenvalue weighted by molar-refractivity contribution is 7.68. The van der Waals surface area contributed by atoms with E-state index in [1.807, 2.05) is 0 Å². The molecule has 0 saturated carbocycles. The molecule has 0 aliphatic carbocycles. The molecule has 0 aliphatic heterocycles. The number of methoxy groups -OCH3 is 1. The van der Waals surface area contributed by atoms with E-state index in [0.29, 0.717) is 10.3 Å². The van der Waals surface area contributed by atoms with Crippen LogP contribution in [0.5, 0.6) is 5.75 Å². The Kier molecular flexibility index (Phi) is 7.41. The smallest absolute Gasteiger partial charge is 0.497 e. The van der Waals surface area contributed by atoms with Crippen molar-refractivity contribution in [2.24, 2.45) is 0 Å². The Labute approximate surface area is 132 Å². The summed E-state index contributed by atoms with van der Waals surface area (Å²) in [5, 5.41) is 2.21. The van der Waals surface area contributed by atoms with Crippen LogP contribution in [0.25, 0.3) is 0 Å². The highest BCUT2D eigenvalue weighted by atomic mass is 31.1. The molecule has 0 bridgehead atoms. The van der Waals surface area contributed by atoms with Crippen LogP contribution in [0, 0.1) is 0 Å². The second kappa shape index (κ2) is 7.67. The molecule has 0 N–H and O–H groups in total. The zero-order chi connectivity index (χ0) is 17.8. The molecule has 0 atom stereocenters. The van der Waals surface area contributed by atoms with Crippen LogP contribution in [0.15, 0.2) is 24.3 Å². The van der Waals surface area contributed by atoms with Crippen molar-refractivity contribution < 1.29 is 22.0 Å². The van der Waals surface area contributed by atoms with Gasteiger partial charge in [0.1, 0.15) is 5.75 Å². The van der Waals surface area contributed by atoms with Gasteiger partial charge in [-0.25, -0.2) is 0 Å². The van der Waals surface area contributed by atoms with Gasteiger partial charge < -0.3 is 22.0 Å². The molecule has 1 aromatic carbocycles. The first-order chi connectivity index (χ1) is 9.66. The van der Waals surface area contributed by atoms with E-state index in [1.54, 1.807) is 7.11 Å². The molecule has 0 amide bonds. The van der Waals surface area contributed by atoms with Gasteiger partial charge in [0, 0.05) is 7.92 Å². The third kappa shape index (κ3) is 8.62. The molecule has 1 aromatic rings. The molecular weight excluding hydrogens is 314 g/mol. The average Bonchev–Trinajstić information content (AvgIpc) is 2.23. The van der Waals surface area contributed by atoms with Crippen LogP contribution in [0.2, 0.25) is 0 Å². The molecule has 1 rings (SSSR count). The number of hydrogen-bond acceptors (Lipinski definition) is 1. The lowest BCUT2D eigenvalue weighted by atomic mass is 10.2. The zero-order valence-electron chi connectivity index (χ0n) is 14.3. The van der Waals surface area contributed by atoms with E-state index >= 15 is 0 Å². The SMILES string of the molecule is COc1ccc([PH+](C(C)(C)C)C(C)(C)C)cc1.F[B-](F)(F)F. The lowest BCUT2D eigenvalue weighted by Gasteiger charge is -2.33. The Hall–Kier alpha value is -0.765. The molecule has 0 aliphatic rings. The minimum atomic E-state index is -6.00. The number of ether oxygens (including phenoxy) is 1. The highest BCUT2D eigenvalue weighted by Gasteiger charge is 2.43. The predicted octanol–water partition coefficient (Wildman–Crippen LogP) is 5.43. The standard InChI is InChI=1S/C15H25OP.BF4/c1-14(2,3)17(15(4,5)6)13-10-8-12(16-7)9-11-13;2-1(3,4)5/h8-11H,1-7H3;/q;-1/p+1. The Balaban J connectivity index is 0.000000763. The maximum atomic E-state index is 9.75. The summed E-state index contributed by atoms with van der Waals surface area (Å²) in [5.41, 5.74) is 0. The maximum Gasteiger partial charge on any atom is 0.673 e. The third-order valence-corrected chi connectivity index (χ3v) is 6.79. The van der Waals surface area contributed by atoms with Crippen LogP contribution in [-0.2, 0) is 0 Å². The summed E-state index contributed by atoms with van der Waals surface area (Å²) < 4.78 is 44.2. The van der Waals surface area contributed by atoms with Gasteiger partial charge in [-0.15, -0.1) is 0 Å². The van der Waals surface area contributed by atoms with Crippen molar-refractivity contribution in [2.75, 3.05) is 7.11 Å². The Morgan fingerprint density at radius 1 is 0.818 bits per heavy atom. The molecule has 7 heteroatoms. The minimum Gasteiger partial charge on any atom is -0.497 e.